The first kappa shape index (κ1) is 20.9. The van der Waals surface area contributed by atoms with Crippen LogP contribution in [0.3, 0.4) is 0 Å². The number of fused-ring (bicyclic) bond motifs is 1. The number of nitrogens with zero attached hydrogens (tertiary/aromatic N) is 4. The summed E-state index contributed by atoms with van der Waals surface area (Å²) >= 11 is 1.37. The predicted octanol–water partition coefficient (Wildman–Crippen LogP) is 2.86. The summed E-state index contributed by atoms with van der Waals surface area (Å²) in [7, 11) is 0. The molecule has 3 aromatic heterocycles. The molecule has 10 heteroatoms. The van der Waals surface area contributed by atoms with Gasteiger partial charge in [-0.05, 0) is 37.6 Å². The Morgan fingerprint density at radius 1 is 1.26 bits per heavy atom. The van der Waals surface area contributed by atoms with Gasteiger partial charge < -0.3 is 14.1 Å². The molecule has 160 valence electrons. The molecule has 0 unspecified atom stereocenters. The van der Waals surface area contributed by atoms with Gasteiger partial charge in [-0.2, -0.15) is 0 Å². The van der Waals surface area contributed by atoms with E-state index in [0.717, 1.165) is 5.56 Å². The van der Waals surface area contributed by atoms with Crippen LogP contribution < -0.4 is 5.56 Å². The molecule has 0 radical (unpaired) electrons. The van der Waals surface area contributed by atoms with Crippen molar-refractivity contribution in [3.05, 3.63) is 69.9 Å². The number of benzene rings is 1. The number of nitrogens with one attached hydrogen (secondary N) is 1. The molecule has 0 aliphatic heterocycles. The Morgan fingerprint density at radius 2 is 2.13 bits per heavy atom. The molecule has 0 saturated carbocycles. The lowest BCUT2D eigenvalue weighted by molar-refractivity contribution is -0.142. The van der Waals surface area contributed by atoms with E-state index in [-0.39, 0.29) is 17.9 Å². The van der Waals surface area contributed by atoms with E-state index in [1.165, 1.54) is 11.8 Å². The maximum atomic E-state index is 12.4. The number of para-hydroxylation sites is 1. The van der Waals surface area contributed by atoms with Gasteiger partial charge in [-0.15, -0.1) is 10.2 Å². The van der Waals surface area contributed by atoms with Gasteiger partial charge in [-0.3, -0.25) is 14.2 Å². The molecule has 3 heterocycles. The second-order valence-electron chi connectivity index (χ2n) is 6.82. The number of furan rings is 1. The lowest BCUT2D eigenvalue weighted by Crippen LogP contribution is -2.14. The Morgan fingerprint density at radius 3 is 2.90 bits per heavy atom. The van der Waals surface area contributed by atoms with E-state index in [4.69, 9.17) is 9.15 Å². The van der Waals surface area contributed by atoms with E-state index in [1.54, 1.807) is 25.3 Å². The molecule has 0 bridgehead atoms. The van der Waals surface area contributed by atoms with Crippen molar-refractivity contribution in [1.82, 2.24) is 24.7 Å². The van der Waals surface area contributed by atoms with Gasteiger partial charge >= 0.3 is 5.97 Å². The zero-order chi connectivity index (χ0) is 21.8. The van der Waals surface area contributed by atoms with Crippen LogP contribution in [0.25, 0.3) is 10.9 Å². The quantitative estimate of drug-likeness (QED) is 0.329. The number of aromatic amines is 1. The second-order valence-corrected chi connectivity index (χ2v) is 7.76. The van der Waals surface area contributed by atoms with Crippen molar-refractivity contribution in [2.24, 2.45) is 0 Å². The number of thioether (sulfide) groups is 1. The average molecular weight is 439 g/mol. The summed E-state index contributed by atoms with van der Waals surface area (Å²) < 4.78 is 12.3. The average Bonchev–Trinajstić information content (AvgIpc) is 3.39. The molecule has 1 aromatic carbocycles. The molecule has 9 nitrogen and oxygen atoms in total. The lowest BCUT2D eigenvalue weighted by atomic mass is 10.1. The third-order valence-electron chi connectivity index (χ3n) is 4.62. The summed E-state index contributed by atoms with van der Waals surface area (Å²) in [5.41, 5.74) is 1.44. The fourth-order valence-electron chi connectivity index (χ4n) is 3.17. The van der Waals surface area contributed by atoms with E-state index in [2.05, 4.69) is 20.2 Å². The van der Waals surface area contributed by atoms with Crippen molar-refractivity contribution in [1.29, 1.82) is 0 Å². The Hall–Kier alpha value is -3.40. The van der Waals surface area contributed by atoms with Gasteiger partial charge in [0.2, 0.25) is 0 Å². The van der Waals surface area contributed by atoms with Crippen LogP contribution in [0, 0.1) is 6.92 Å². The monoisotopic (exact) mass is 439 g/mol. The van der Waals surface area contributed by atoms with Crippen molar-refractivity contribution < 1.29 is 13.9 Å². The molecular formula is C21H21N5O4S. The van der Waals surface area contributed by atoms with Crippen LogP contribution in [0.5, 0.6) is 0 Å². The standard InChI is InChI=1S/C21H21N5O4S/c1-3-29-18(27)10-17-24-25-21(26(17)11-14-7-5-9-30-14)31-12-16-22-19-13(2)6-4-8-15(19)20(28)23-16/h4-9H,3,10-12H2,1-2H3,(H,22,23,28). The number of aryl methyl sites for hydroxylation is 1. The van der Waals surface area contributed by atoms with E-state index in [1.807, 2.05) is 29.7 Å². The van der Waals surface area contributed by atoms with E-state index in [0.29, 0.717) is 52.4 Å². The smallest absolute Gasteiger partial charge is 0.313 e. The molecule has 0 aliphatic rings. The van der Waals surface area contributed by atoms with Gasteiger partial charge in [0.05, 0.1) is 36.1 Å². The number of ether oxygens (including phenoxy) is 1. The first-order valence-electron chi connectivity index (χ1n) is 9.76. The largest absolute Gasteiger partial charge is 0.467 e. The summed E-state index contributed by atoms with van der Waals surface area (Å²) in [5.74, 6) is 1.74. The predicted molar refractivity (Wildman–Crippen MR) is 115 cm³/mol. The van der Waals surface area contributed by atoms with Crippen molar-refractivity contribution in [2.75, 3.05) is 6.61 Å². The van der Waals surface area contributed by atoms with Crippen LogP contribution in [0.1, 0.15) is 29.9 Å². The number of hydrogen-bond acceptors (Lipinski definition) is 8. The number of carbonyl (C=O) groups excluding carboxylic acids is 1. The number of hydrogen-bond donors (Lipinski definition) is 1. The zero-order valence-electron chi connectivity index (χ0n) is 17.1. The van der Waals surface area contributed by atoms with E-state index >= 15 is 0 Å². The highest BCUT2D eigenvalue weighted by Gasteiger charge is 2.18. The molecule has 4 rings (SSSR count). The van der Waals surface area contributed by atoms with Gasteiger partial charge in [-0.25, -0.2) is 4.98 Å². The lowest BCUT2D eigenvalue weighted by Gasteiger charge is -2.09. The Balaban J connectivity index is 1.60. The summed E-state index contributed by atoms with van der Waals surface area (Å²) in [6.45, 7) is 4.35. The molecular weight excluding hydrogens is 418 g/mol. The summed E-state index contributed by atoms with van der Waals surface area (Å²) in [5, 5.41) is 9.55. The molecule has 4 aromatic rings. The van der Waals surface area contributed by atoms with E-state index < -0.39 is 0 Å². The van der Waals surface area contributed by atoms with Gasteiger partial charge in [0.15, 0.2) is 5.16 Å². The maximum Gasteiger partial charge on any atom is 0.313 e. The minimum atomic E-state index is -0.372. The molecule has 1 N–H and O–H groups in total. The van der Waals surface area contributed by atoms with Gasteiger partial charge in [0, 0.05) is 0 Å². The Kier molecular flexibility index (Phi) is 6.17. The van der Waals surface area contributed by atoms with Crippen molar-refractivity contribution in [3.63, 3.8) is 0 Å². The Labute approximate surface area is 181 Å². The highest BCUT2D eigenvalue weighted by atomic mass is 32.2. The van der Waals surface area contributed by atoms with Crippen molar-refractivity contribution in [3.8, 4) is 0 Å². The summed E-state index contributed by atoms with van der Waals surface area (Å²) in [4.78, 5) is 31.8. The Bertz CT molecular complexity index is 1260. The zero-order valence-corrected chi connectivity index (χ0v) is 17.9. The van der Waals surface area contributed by atoms with Crippen LogP contribution >= 0.6 is 11.8 Å². The summed E-state index contributed by atoms with van der Waals surface area (Å²) in [6, 6.07) is 9.16. The number of carbonyl (C=O) groups is 1. The number of aromatic nitrogens is 5. The first-order valence-corrected chi connectivity index (χ1v) is 10.7. The third-order valence-corrected chi connectivity index (χ3v) is 5.60. The van der Waals surface area contributed by atoms with Gasteiger partial charge in [-0.1, -0.05) is 23.9 Å². The van der Waals surface area contributed by atoms with Crippen LogP contribution in [0.4, 0.5) is 0 Å². The highest BCUT2D eigenvalue weighted by Crippen LogP contribution is 2.23. The fourth-order valence-corrected chi connectivity index (χ4v) is 3.99. The maximum absolute atomic E-state index is 12.4. The normalized spacial score (nSPS) is 11.2. The van der Waals surface area contributed by atoms with Gasteiger partial charge in [0.25, 0.3) is 5.56 Å². The molecule has 0 saturated heterocycles. The van der Waals surface area contributed by atoms with Crippen LogP contribution in [0.15, 0.2) is 51.0 Å². The van der Waals surface area contributed by atoms with Crippen LogP contribution in [-0.2, 0) is 28.2 Å². The number of H-pyrrole nitrogens is 1. The topological polar surface area (TPSA) is 116 Å². The number of esters is 1. The molecule has 0 spiro atoms. The fraction of sp³-hybridized carbons (Fsp3) is 0.286. The molecule has 0 fully saturated rings. The number of rotatable bonds is 8. The first-order chi connectivity index (χ1) is 15.0. The SMILES string of the molecule is CCOC(=O)Cc1nnc(SCc2nc3c(C)cccc3c(=O)[nH]2)n1Cc1ccco1. The van der Waals surface area contributed by atoms with Crippen molar-refractivity contribution in [2.45, 2.75) is 37.7 Å². The van der Waals surface area contributed by atoms with Crippen molar-refractivity contribution >= 4 is 28.6 Å². The minimum absolute atomic E-state index is 0.00631. The highest BCUT2D eigenvalue weighted by molar-refractivity contribution is 7.98. The van der Waals surface area contributed by atoms with Gasteiger partial charge in [0.1, 0.15) is 23.8 Å². The molecule has 0 aliphatic carbocycles. The van der Waals surface area contributed by atoms with Crippen LogP contribution in [-0.4, -0.2) is 37.3 Å². The summed E-state index contributed by atoms with van der Waals surface area (Å²) in [6.07, 6.45) is 1.59. The molecule has 31 heavy (non-hydrogen) atoms. The second kappa shape index (κ2) is 9.17. The van der Waals surface area contributed by atoms with E-state index in [9.17, 15) is 9.59 Å². The van der Waals surface area contributed by atoms with Crippen LogP contribution in [0.2, 0.25) is 0 Å². The molecule has 0 amide bonds. The minimum Gasteiger partial charge on any atom is -0.467 e. The third kappa shape index (κ3) is 4.69. The molecule has 0 atom stereocenters.